The average Bonchev–Trinajstić information content (AvgIpc) is 2.27. The van der Waals surface area contributed by atoms with Crippen LogP contribution in [-0.4, -0.2) is 26.0 Å². The molecule has 1 aromatic carbocycles. The Morgan fingerprint density at radius 1 is 1.37 bits per heavy atom. The molecule has 1 rings (SSSR count). The fourth-order valence-corrected chi connectivity index (χ4v) is 2.11. The molecule has 2 N–H and O–H groups in total. The molecule has 3 nitrogen and oxygen atoms in total. The zero-order valence-corrected chi connectivity index (χ0v) is 11.9. The molecule has 0 aliphatic heterocycles. The highest BCUT2D eigenvalue weighted by Gasteiger charge is 2.27. The van der Waals surface area contributed by atoms with Crippen LogP contribution in [0.2, 0.25) is 0 Å². The minimum Gasteiger partial charge on any atom is -0.494 e. The van der Waals surface area contributed by atoms with E-state index in [4.69, 9.17) is 10.5 Å². The normalized spacial score (nSPS) is 13.4. The van der Waals surface area contributed by atoms with Gasteiger partial charge in [-0.05, 0) is 24.6 Å². The van der Waals surface area contributed by atoms with Gasteiger partial charge in [0.05, 0.1) is 19.3 Å². The molecule has 19 heavy (non-hydrogen) atoms. The highest BCUT2D eigenvalue weighted by Crippen LogP contribution is 2.27. The lowest BCUT2D eigenvalue weighted by molar-refractivity contribution is -0.174. The Morgan fingerprint density at radius 2 is 2.05 bits per heavy atom. The molecular formula is C12H15BrF3NO2. The molecule has 108 valence electrons. The summed E-state index contributed by atoms with van der Waals surface area (Å²) in [6, 6.07) is 4.51. The summed E-state index contributed by atoms with van der Waals surface area (Å²) < 4.78 is 46.3. The summed E-state index contributed by atoms with van der Waals surface area (Å²) in [6.45, 7) is 0.895. The maximum atomic E-state index is 11.9. The Balaban J connectivity index is 2.59. The van der Waals surface area contributed by atoms with E-state index in [0.29, 0.717) is 22.4 Å². The largest absolute Gasteiger partial charge is 0.494 e. The molecule has 0 amide bonds. The van der Waals surface area contributed by atoms with Crippen molar-refractivity contribution in [2.75, 3.05) is 19.8 Å². The number of hydrogen-bond acceptors (Lipinski definition) is 3. The lowest BCUT2D eigenvalue weighted by Crippen LogP contribution is -2.23. The second kappa shape index (κ2) is 7.12. The molecule has 0 spiro atoms. The van der Waals surface area contributed by atoms with Crippen LogP contribution in [0.25, 0.3) is 0 Å². The summed E-state index contributed by atoms with van der Waals surface area (Å²) in [5.41, 5.74) is 6.46. The number of ether oxygens (including phenoxy) is 2. The zero-order chi connectivity index (χ0) is 14.5. The van der Waals surface area contributed by atoms with Gasteiger partial charge in [0.15, 0.2) is 0 Å². The van der Waals surface area contributed by atoms with E-state index in [1.54, 1.807) is 18.2 Å². The van der Waals surface area contributed by atoms with Crippen molar-refractivity contribution in [1.82, 2.24) is 0 Å². The van der Waals surface area contributed by atoms with Crippen molar-refractivity contribution in [3.63, 3.8) is 0 Å². The molecule has 1 unspecified atom stereocenters. The first-order chi connectivity index (χ1) is 8.83. The van der Waals surface area contributed by atoms with Crippen molar-refractivity contribution < 1.29 is 22.6 Å². The van der Waals surface area contributed by atoms with Crippen molar-refractivity contribution in [1.29, 1.82) is 0 Å². The third-order valence-electron chi connectivity index (χ3n) is 2.25. The monoisotopic (exact) mass is 341 g/mol. The van der Waals surface area contributed by atoms with Crippen molar-refractivity contribution in [2.45, 2.75) is 19.1 Å². The van der Waals surface area contributed by atoms with Crippen LogP contribution in [-0.2, 0) is 4.74 Å². The van der Waals surface area contributed by atoms with E-state index < -0.39 is 18.8 Å². The van der Waals surface area contributed by atoms with Crippen LogP contribution >= 0.6 is 15.9 Å². The summed E-state index contributed by atoms with van der Waals surface area (Å²) in [4.78, 5) is 0. The summed E-state index contributed by atoms with van der Waals surface area (Å²) in [5, 5.41) is 0. The third-order valence-corrected chi connectivity index (χ3v) is 2.93. The van der Waals surface area contributed by atoms with Gasteiger partial charge in [0.25, 0.3) is 0 Å². The maximum absolute atomic E-state index is 11.9. The van der Waals surface area contributed by atoms with Crippen molar-refractivity contribution in [2.24, 2.45) is 5.73 Å². The van der Waals surface area contributed by atoms with E-state index in [1.165, 1.54) is 0 Å². The van der Waals surface area contributed by atoms with Crippen LogP contribution in [0.1, 0.15) is 18.5 Å². The molecule has 0 aliphatic carbocycles. The molecule has 1 aromatic rings. The van der Waals surface area contributed by atoms with Gasteiger partial charge in [0.1, 0.15) is 12.4 Å². The molecule has 0 radical (unpaired) electrons. The van der Waals surface area contributed by atoms with Gasteiger partial charge in [-0.1, -0.05) is 22.0 Å². The van der Waals surface area contributed by atoms with Crippen LogP contribution in [0.15, 0.2) is 22.7 Å². The Kier molecular flexibility index (Phi) is 6.09. The Hall–Kier alpha value is -0.790. The first-order valence-electron chi connectivity index (χ1n) is 5.66. The fourth-order valence-electron chi connectivity index (χ4n) is 1.46. The highest BCUT2D eigenvalue weighted by atomic mass is 79.9. The first-order valence-corrected chi connectivity index (χ1v) is 6.45. The fraction of sp³-hybridized carbons (Fsp3) is 0.500. The summed E-state index contributed by atoms with van der Waals surface area (Å²) in [5.74, 6) is 0.668. The van der Waals surface area contributed by atoms with Gasteiger partial charge in [-0.2, -0.15) is 13.2 Å². The van der Waals surface area contributed by atoms with E-state index in [1.807, 2.05) is 6.92 Å². The molecular weight excluding hydrogens is 327 g/mol. The molecule has 0 saturated heterocycles. The molecule has 0 fully saturated rings. The van der Waals surface area contributed by atoms with Gasteiger partial charge in [0, 0.05) is 4.47 Å². The van der Waals surface area contributed by atoms with Crippen molar-refractivity contribution in [3.05, 3.63) is 28.2 Å². The number of rotatable bonds is 6. The first kappa shape index (κ1) is 16.3. The summed E-state index contributed by atoms with van der Waals surface area (Å²) >= 11 is 3.31. The predicted octanol–water partition coefficient (Wildman–Crippen LogP) is 3.43. The number of nitrogens with two attached hydrogens (primary N) is 1. The average molecular weight is 342 g/mol. The molecule has 7 heteroatoms. The van der Waals surface area contributed by atoms with E-state index in [2.05, 4.69) is 20.7 Å². The minimum atomic E-state index is -4.34. The topological polar surface area (TPSA) is 44.5 Å². The molecule has 0 saturated carbocycles. The molecule has 0 aliphatic rings. The van der Waals surface area contributed by atoms with Gasteiger partial charge >= 0.3 is 6.18 Å². The molecule has 0 heterocycles. The highest BCUT2D eigenvalue weighted by molar-refractivity contribution is 9.10. The third kappa shape index (κ3) is 5.80. The summed E-state index contributed by atoms with van der Waals surface area (Å²) in [6.07, 6.45) is -4.34. The Morgan fingerprint density at radius 3 is 2.58 bits per heavy atom. The van der Waals surface area contributed by atoms with Crippen LogP contribution in [0.3, 0.4) is 0 Å². The Bertz CT molecular complexity index is 412. The predicted molar refractivity (Wildman–Crippen MR) is 69.1 cm³/mol. The summed E-state index contributed by atoms with van der Waals surface area (Å²) in [7, 11) is 0. The van der Waals surface area contributed by atoms with Crippen molar-refractivity contribution in [3.8, 4) is 5.75 Å². The van der Waals surface area contributed by atoms with E-state index in [-0.39, 0.29) is 6.61 Å². The van der Waals surface area contributed by atoms with Gasteiger partial charge in [-0.15, -0.1) is 0 Å². The van der Waals surface area contributed by atoms with E-state index in [9.17, 15) is 13.2 Å². The van der Waals surface area contributed by atoms with Gasteiger partial charge in [-0.25, -0.2) is 0 Å². The second-order valence-electron chi connectivity index (χ2n) is 3.85. The standard InChI is InChI=1S/C12H15BrF3NO2/c1-2-19-8-3-4-9(10(13)5-8)11(17)6-18-7-12(14,15)16/h3-5,11H,2,6-7,17H2,1H3. The minimum absolute atomic E-state index is 0.202. The van der Waals surface area contributed by atoms with Gasteiger partial charge in [-0.3, -0.25) is 0 Å². The number of hydrogen-bond donors (Lipinski definition) is 1. The van der Waals surface area contributed by atoms with Crippen molar-refractivity contribution >= 4 is 15.9 Å². The number of halogens is 4. The van der Waals surface area contributed by atoms with Gasteiger partial charge < -0.3 is 15.2 Å². The smallest absolute Gasteiger partial charge is 0.411 e. The van der Waals surface area contributed by atoms with Crippen LogP contribution in [0.5, 0.6) is 5.75 Å². The second-order valence-corrected chi connectivity index (χ2v) is 4.71. The number of benzene rings is 1. The SMILES string of the molecule is CCOc1ccc(C(N)COCC(F)(F)F)c(Br)c1. The quantitative estimate of drug-likeness (QED) is 0.862. The van der Waals surface area contributed by atoms with Crippen LogP contribution < -0.4 is 10.5 Å². The molecule has 1 atom stereocenters. The zero-order valence-electron chi connectivity index (χ0n) is 10.3. The lowest BCUT2D eigenvalue weighted by Gasteiger charge is -2.16. The van der Waals surface area contributed by atoms with Crippen LogP contribution in [0, 0.1) is 0 Å². The lowest BCUT2D eigenvalue weighted by atomic mass is 10.1. The van der Waals surface area contributed by atoms with E-state index in [0.717, 1.165) is 0 Å². The van der Waals surface area contributed by atoms with E-state index >= 15 is 0 Å². The molecule has 0 aromatic heterocycles. The molecule has 0 bridgehead atoms. The number of alkyl halides is 3. The van der Waals surface area contributed by atoms with Gasteiger partial charge in [0.2, 0.25) is 0 Å². The Labute approximate surface area is 118 Å². The maximum Gasteiger partial charge on any atom is 0.411 e. The van der Waals surface area contributed by atoms with Crippen LogP contribution in [0.4, 0.5) is 13.2 Å².